The summed E-state index contributed by atoms with van der Waals surface area (Å²) in [6.07, 6.45) is 9.80. The van der Waals surface area contributed by atoms with Crippen LogP contribution in [-0.2, 0) is 9.53 Å². The minimum atomic E-state index is -0.737. The number of hydrogen-bond donors (Lipinski definition) is 2. The monoisotopic (exact) mass is 283 g/mol. The molecule has 0 atom stereocenters. The number of nitrogens with one attached hydrogen (secondary N) is 1. The van der Waals surface area contributed by atoms with Crippen LogP contribution in [0.5, 0.6) is 0 Å². The van der Waals surface area contributed by atoms with Crippen molar-refractivity contribution >= 4 is 5.91 Å². The molecule has 0 heterocycles. The van der Waals surface area contributed by atoms with Gasteiger partial charge in [-0.3, -0.25) is 4.79 Å². The highest BCUT2D eigenvalue weighted by molar-refractivity contribution is 5.77. The Morgan fingerprint density at radius 3 is 2.35 bits per heavy atom. The van der Waals surface area contributed by atoms with Crippen LogP contribution in [0.2, 0.25) is 0 Å². The highest BCUT2D eigenvalue weighted by atomic mass is 16.5. The highest BCUT2D eigenvalue weighted by Crippen LogP contribution is 2.40. The fraction of sp³-hybridized carbons (Fsp3) is 0.938. The molecule has 0 saturated heterocycles. The van der Waals surface area contributed by atoms with Crippen molar-refractivity contribution in [2.45, 2.75) is 69.8 Å². The summed E-state index contributed by atoms with van der Waals surface area (Å²) in [6.45, 7) is 1.51. The maximum absolute atomic E-state index is 12.1. The van der Waals surface area contributed by atoms with E-state index in [9.17, 15) is 9.90 Å². The molecule has 2 N–H and O–H groups in total. The van der Waals surface area contributed by atoms with Crippen LogP contribution in [-0.4, -0.2) is 36.9 Å². The van der Waals surface area contributed by atoms with Crippen LogP contribution >= 0.6 is 0 Å². The van der Waals surface area contributed by atoms with Gasteiger partial charge in [0.2, 0.25) is 5.91 Å². The van der Waals surface area contributed by atoms with Crippen molar-refractivity contribution in [2.75, 3.05) is 20.3 Å². The van der Waals surface area contributed by atoms with Gasteiger partial charge in [-0.2, -0.15) is 0 Å². The average Bonchev–Trinajstić information content (AvgIpc) is 3.04. The molecule has 2 saturated carbocycles. The lowest BCUT2D eigenvalue weighted by Crippen LogP contribution is -2.40. The molecule has 20 heavy (non-hydrogen) atoms. The van der Waals surface area contributed by atoms with E-state index in [1.165, 1.54) is 25.7 Å². The second-order valence-electron chi connectivity index (χ2n) is 6.83. The van der Waals surface area contributed by atoms with Gasteiger partial charge in [-0.25, -0.2) is 0 Å². The van der Waals surface area contributed by atoms with Crippen LogP contribution in [0.1, 0.15) is 64.2 Å². The van der Waals surface area contributed by atoms with E-state index < -0.39 is 5.60 Å². The quantitative estimate of drug-likeness (QED) is 0.754. The number of rotatable bonds is 7. The summed E-state index contributed by atoms with van der Waals surface area (Å²) in [5.41, 5.74) is -0.510. The van der Waals surface area contributed by atoms with Crippen molar-refractivity contribution in [1.29, 1.82) is 0 Å². The highest BCUT2D eigenvalue weighted by Gasteiger charge is 2.36. The SMILES string of the molecule is COCCC1(CNC(=O)CC2(O)CCCC2)CCCC1. The van der Waals surface area contributed by atoms with Crippen molar-refractivity contribution in [3.8, 4) is 0 Å². The first-order chi connectivity index (χ1) is 9.58. The molecule has 0 aromatic carbocycles. The van der Waals surface area contributed by atoms with Crippen LogP contribution in [0.15, 0.2) is 0 Å². The number of aliphatic hydroxyl groups is 1. The van der Waals surface area contributed by atoms with Crippen molar-refractivity contribution in [1.82, 2.24) is 5.32 Å². The largest absolute Gasteiger partial charge is 0.389 e. The molecule has 0 radical (unpaired) electrons. The molecule has 0 spiro atoms. The second kappa shape index (κ2) is 6.90. The number of ether oxygens (including phenoxy) is 1. The number of methoxy groups -OCH3 is 1. The molecule has 2 fully saturated rings. The number of carbonyl (C=O) groups excluding carboxylic acids is 1. The maximum Gasteiger partial charge on any atom is 0.222 e. The molecule has 2 aliphatic carbocycles. The molecule has 2 aliphatic rings. The molecule has 4 heteroatoms. The number of carbonyl (C=O) groups is 1. The van der Waals surface area contributed by atoms with Gasteiger partial charge in [0.25, 0.3) is 0 Å². The van der Waals surface area contributed by atoms with Gasteiger partial charge in [0.05, 0.1) is 12.0 Å². The van der Waals surface area contributed by atoms with Gasteiger partial charge >= 0.3 is 0 Å². The molecule has 0 aromatic rings. The Morgan fingerprint density at radius 1 is 1.15 bits per heavy atom. The molecular formula is C16H29NO3. The number of amides is 1. The van der Waals surface area contributed by atoms with Crippen LogP contribution < -0.4 is 5.32 Å². The third kappa shape index (κ3) is 4.19. The molecule has 0 aliphatic heterocycles. The molecule has 1 amide bonds. The fourth-order valence-electron chi connectivity index (χ4n) is 3.82. The van der Waals surface area contributed by atoms with Crippen molar-refractivity contribution in [2.24, 2.45) is 5.41 Å². The van der Waals surface area contributed by atoms with E-state index in [4.69, 9.17) is 4.74 Å². The third-order valence-corrected chi connectivity index (χ3v) is 5.19. The summed E-state index contributed by atoms with van der Waals surface area (Å²) in [4.78, 5) is 12.1. The maximum atomic E-state index is 12.1. The van der Waals surface area contributed by atoms with Gasteiger partial charge in [0.1, 0.15) is 0 Å². The van der Waals surface area contributed by atoms with E-state index in [0.717, 1.165) is 45.3 Å². The van der Waals surface area contributed by atoms with Gasteiger partial charge in [0, 0.05) is 20.3 Å². The average molecular weight is 283 g/mol. The van der Waals surface area contributed by atoms with Crippen LogP contribution in [0.3, 0.4) is 0 Å². The second-order valence-corrected chi connectivity index (χ2v) is 6.83. The summed E-state index contributed by atoms with van der Waals surface area (Å²) < 4.78 is 5.21. The predicted octanol–water partition coefficient (Wildman–Crippen LogP) is 2.39. The van der Waals surface area contributed by atoms with E-state index in [1.54, 1.807) is 7.11 Å². The van der Waals surface area contributed by atoms with E-state index in [-0.39, 0.29) is 17.7 Å². The fourth-order valence-corrected chi connectivity index (χ4v) is 3.82. The van der Waals surface area contributed by atoms with Crippen LogP contribution in [0.25, 0.3) is 0 Å². The lowest BCUT2D eigenvalue weighted by Gasteiger charge is -2.30. The normalized spacial score (nSPS) is 23.9. The summed E-state index contributed by atoms with van der Waals surface area (Å²) in [5, 5.41) is 13.4. The molecule has 116 valence electrons. The first-order valence-electron chi connectivity index (χ1n) is 8.06. The van der Waals surface area contributed by atoms with Gasteiger partial charge in [0.15, 0.2) is 0 Å². The molecular weight excluding hydrogens is 254 g/mol. The van der Waals surface area contributed by atoms with Crippen LogP contribution in [0, 0.1) is 5.41 Å². The zero-order valence-electron chi connectivity index (χ0n) is 12.7. The summed E-state index contributed by atoms with van der Waals surface area (Å²) >= 11 is 0. The standard InChI is InChI=1S/C16H29NO3/c1-20-11-10-15(6-2-3-7-15)13-17-14(18)12-16(19)8-4-5-9-16/h19H,2-13H2,1H3,(H,17,18). The van der Waals surface area contributed by atoms with E-state index in [0.29, 0.717) is 0 Å². The van der Waals surface area contributed by atoms with Gasteiger partial charge in [-0.05, 0) is 37.5 Å². The molecule has 2 rings (SSSR count). The van der Waals surface area contributed by atoms with E-state index in [2.05, 4.69) is 5.32 Å². The Balaban J connectivity index is 1.78. The Labute approximate surface area is 122 Å². The molecule has 0 aromatic heterocycles. The predicted molar refractivity (Wildman–Crippen MR) is 78.4 cm³/mol. The van der Waals surface area contributed by atoms with Crippen molar-refractivity contribution in [3.05, 3.63) is 0 Å². The van der Waals surface area contributed by atoms with Gasteiger partial charge in [-0.1, -0.05) is 25.7 Å². The molecule has 0 bridgehead atoms. The lowest BCUT2D eigenvalue weighted by atomic mass is 9.82. The molecule has 0 unspecified atom stereocenters. The Kier molecular flexibility index (Phi) is 5.44. The van der Waals surface area contributed by atoms with Crippen molar-refractivity contribution < 1.29 is 14.6 Å². The Hall–Kier alpha value is -0.610. The summed E-state index contributed by atoms with van der Waals surface area (Å²) in [7, 11) is 1.73. The van der Waals surface area contributed by atoms with E-state index >= 15 is 0 Å². The first kappa shape index (κ1) is 15.8. The lowest BCUT2D eigenvalue weighted by molar-refractivity contribution is -0.126. The van der Waals surface area contributed by atoms with Crippen LogP contribution in [0.4, 0.5) is 0 Å². The molecule has 4 nitrogen and oxygen atoms in total. The number of hydrogen-bond acceptors (Lipinski definition) is 3. The van der Waals surface area contributed by atoms with E-state index in [1.807, 2.05) is 0 Å². The topological polar surface area (TPSA) is 58.6 Å². The minimum Gasteiger partial charge on any atom is -0.389 e. The Morgan fingerprint density at radius 2 is 1.75 bits per heavy atom. The Bertz CT molecular complexity index is 318. The van der Waals surface area contributed by atoms with Gasteiger partial charge in [-0.15, -0.1) is 0 Å². The van der Waals surface area contributed by atoms with Gasteiger partial charge < -0.3 is 15.2 Å². The first-order valence-corrected chi connectivity index (χ1v) is 8.06. The minimum absolute atomic E-state index is 0.0121. The van der Waals surface area contributed by atoms with Crippen molar-refractivity contribution in [3.63, 3.8) is 0 Å². The third-order valence-electron chi connectivity index (χ3n) is 5.19. The summed E-state index contributed by atoms with van der Waals surface area (Å²) in [5.74, 6) is 0.0121. The smallest absolute Gasteiger partial charge is 0.222 e. The summed E-state index contributed by atoms with van der Waals surface area (Å²) in [6, 6.07) is 0. The zero-order valence-corrected chi connectivity index (χ0v) is 12.7. The zero-order chi connectivity index (χ0) is 14.5.